The van der Waals surface area contributed by atoms with Gasteiger partial charge in [-0.1, -0.05) is 12.1 Å². The SMILES string of the molecule is N#Cc1ccccc1NC(=O)CCN1CCOCC1=O. The molecule has 1 aliphatic heterocycles. The number of carbonyl (C=O) groups is 2. The minimum absolute atomic E-state index is 0.0822. The van der Waals surface area contributed by atoms with E-state index in [0.717, 1.165) is 0 Å². The van der Waals surface area contributed by atoms with Crippen LogP contribution in [0, 0.1) is 11.3 Å². The normalized spacial score (nSPS) is 14.8. The van der Waals surface area contributed by atoms with Gasteiger partial charge in [-0.3, -0.25) is 9.59 Å². The lowest BCUT2D eigenvalue weighted by Crippen LogP contribution is -2.42. The summed E-state index contributed by atoms with van der Waals surface area (Å²) in [6.07, 6.45) is 0.200. The lowest BCUT2D eigenvalue weighted by molar-refractivity contribution is -0.142. The van der Waals surface area contributed by atoms with Crippen molar-refractivity contribution in [3.63, 3.8) is 0 Å². The van der Waals surface area contributed by atoms with Crippen LogP contribution in [0.4, 0.5) is 5.69 Å². The van der Waals surface area contributed by atoms with E-state index in [1.54, 1.807) is 29.2 Å². The minimum Gasteiger partial charge on any atom is -0.370 e. The summed E-state index contributed by atoms with van der Waals surface area (Å²) in [6.45, 7) is 1.47. The number of amides is 2. The van der Waals surface area contributed by atoms with Gasteiger partial charge < -0.3 is 15.0 Å². The van der Waals surface area contributed by atoms with Gasteiger partial charge in [-0.25, -0.2) is 0 Å². The van der Waals surface area contributed by atoms with Crippen molar-refractivity contribution >= 4 is 17.5 Å². The molecule has 1 heterocycles. The zero-order chi connectivity index (χ0) is 14.4. The summed E-state index contributed by atoms with van der Waals surface area (Å²) < 4.78 is 5.02. The molecule has 2 rings (SSSR count). The highest BCUT2D eigenvalue weighted by Crippen LogP contribution is 2.13. The first-order valence-corrected chi connectivity index (χ1v) is 6.35. The number of para-hydroxylation sites is 1. The van der Waals surface area contributed by atoms with Gasteiger partial charge in [0.25, 0.3) is 0 Å². The molecule has 1 aromatic rings. The van der Waals surface area contributed by atoms with Crippen molar-refractivity contribution in [1.29, 1.82) is 5.26 Å². The highest BCUT2D eigenvalue weighted by molar-refractivity contribution is 5.92. The molecule has 1 saturated heterocycles. The maximum Gasteiger partial charge on any atom is 0.248 e. The fourth-order valence-electron chi connectivity index (χ4n) is 1.93. The van der Waals surface area contributed by atoms with E-state index < -0.39 is 0 Å². The number of rotatable bonds is 4. The molecule has 0 aliphatic carbocycles. The van der Waals surface area contributed by atoms with Gasteiger partial charge in [-0.05, 0) is 12.1 Å². The molecule has 0 bridgehead atoms. The molecule has 104 valence electrons. The zero-order valence-corrected chi connectivity index (χ0v) is 11.0. The molecule has 1 fully saturated rings. The molecule has 0 aromatic heterocycles. The van der Waals surface area contributed by atoms with E-state index in [9.17, 15) is 9.59 Å². The Morgan fingerprint density at radius 2 is 2.25 bits per heavy atom. The average Bonchev–Trinajstić information content (AvgIpc) is 2.47. The Balaban J connectivity index is 1.86. The van der Waals surface area contributed by atoms with Crippen molar-refractivity contribution < 1.29 is 14.3 Å². The van der Waals surface area contributed by atoms with Gasteiger partial charge in [0.1, 0.15) is 12.7 Å². The van der Waals surface area contributed by atoms with Crippen LogP contribution in [0.25, 0.3) is 0 Å². The number of carbonyl (C=O) groups excluding carboxylic acids is 2. The van der Waals surface area contributed by atoms with E-state index in [4.69, 9.17) is 10.00 Å². The Morgan fingerprint density at radius 1 is 1.45 bits per heavy atom. The van der Waals surface area contributed by atoms with Crippen LogP contribution in [0.3, 0.4) is 0 Å². The summed E-state index contributed by atoms with van der Waals surface area (Å²) in [6, 6.07) is 8.82. The standard InChI is InChI=1S/C14H15N3O3/c15-9-11-3-1-2-4-12(11)16-13(18)5-6-17-7-8-20-10-14(17)19/h1-4H,5-8,10H2,(H,16,18). The first kappa shape index (κ1) is 14.0. The van der Waals surface area contributed by atoms with Crippen LogP contribution >= 0.6 is 0 Å². The quantitative estimate of drug-likeness (QED) is 0.877. The topological polar surface area (TPSA) is 82.4 Å². The predicted molar refractivity (Wildman–Crippen MR) is 71.8 cm³/mol. The van der Waals surface area contributed by atoms with Crippen molar-refractivity contribution in [2.45, 2.75) is 6.42 Å². The van der Waals surface area contributed by atoms with Crippen LogP contribution in [0.15, 0.2) is 24.3 Å². The van der Waals surface area contributed by atoms with E-state index in [0.29, 0.717) is 30.9 Å². The summed E-state index contributed by atoms with van der Waals surface area (Å²) in [5, 5.41) is 11.6. The van der Waals surface area contributed by atoms with Gasteiger partial charge in [0, 0.05) is 19.5 Å². The highest BCUT2D eigenvalue weighted by atomic mass is 16.5. The fourth-order valence-corrected chi connectivity index (χ4v) is 1.93. The van der Waals surface area contributed by atoms with E-state index in [1.165, 1.54) is 0 Å². The molecule has 1 N–H and O–H groups in total. The van der Waals surface area contributed by atoms with E-state index in [-0.39, 0.29) is 24.8 Å². The van der Waals surface area contributed by atoms with Gasteiger partial charge in [0.15, 0.2) is 0 Å². The average molecular weight is 273 g/mol. The Hall–Kier alpha value is -2.39. The zero-order valence-electron chi connectivity index (χ0n) is 11.0. The van der Waals surface area contributed by atoms with Crippen LogP contribution in [0.1, 0.15) is 12.0 Å². The van der Waals surface area contributed by atoms with Gasteiger partial charge in [-0.15, -0.1) is 0 Å². The molecule has 20 heavy (non-hydrogen) atoms. The number of ether oxygens (including phenoxy) is 1. The van der Waals surface area contributed by atoms with Gasteiger partial charge in [0.05, 0.1) is 17.9 Å². The van der Waals surface area contributed by atoms with Crippen LogP contribution in [0.2, 0.25) is 0 Å². The Kier molecular flexibility index (Phi) is 4.69. The van der Waals surface area contributed by atoms with Crippen LogP contribution in [0.5, 0.6) is 0 Å². The maximum absolute atomic E-state index is 11.8. The third-order valence-corrected chi connectivity index (χ3v) is 3.01. The molecule has 0 saturated carbocycles. The molecular formula is C14H15N3O3. The van der Waals surface area contributed by atoms with Crippen molar-refractivity contribution in [3.05, 3.63) is 29.8 Å². The Morgan fingerprint density at radius 3 is 3.00 bits per heavy atom. The van der Waals surface area contributed by atoms with Crippen LogP contribution in [-0.2, 0) is 14.3 Å². The smallest absolute Gasteiger partial charge is 0.248 e. The molecule has 0 radical (unpaired) electrons. The molecular weight excluding hydrogens is 258 g/mol. The number of nitriles is 1. The molecule has 1 aromatic carbocycles. The molecule has 1 aliphatic rings. The second-order valence-electron chi connectivity index (χ2n) is 4.39. The number of benzene rings is 1. The molecule has 0 atom stereocenters. The number of hydrogen-bond acceptors (Lipinski definition) is 4. The van der Waals surface area contributed by atoms with Crippen molar-refractivity contribution in [2.75, 3.05) is 31.6 Å². The number of nitrogens with one attached hydrogen (secondary N) is 1. The van der Waals surface area contributed by atoms with E-state index in [2.05, 4.69) is 5.32 Å². The van der Waals surface area contributed by atoms with Gasteiger partial charge in [-0.2, -0.15) is 5.26 Å². The van der Waals surface area contributed by atoms with Crippen LogP contribution < -0.4 is 5.32 Å². The number of anilines is 1. The minimum atomic E-state index is -0.216. The first-order valence-electron chi connectivity index (χ1n) is 6.35. The number of hydrogen-bond donors (Lipinski definition) is 1. The molecule has 6 heteroatoms. The predicted octanol–water partition coefficient (Wildman–Crippen LogP) is 0.746. The van der Waals surface area contributed by atoms with E-state index >= 15 is 0 Å². The third-order valence-electron chi connectivity index (χ3n) is 3.01. The summed E-state index contributed by atoms with van der Waals surface area (Å²) >= 11 is 0. The van der Waals surface area contributed by atoms with Crippen molar-refractivity contribution in [2.24, 2.45) is 0 Å². The first-order chi connectivity index (χ1) is 9.70. The Labute approximate surface area is 116 Å². The molecule has 6 nitrogen and oxygen atoms in total. The summed E-state index contributed by atoms with van der Waals surface area (Å²) in [5.41, 5.74) is 0.914. The highest BCUT2D eigenvalue weighted by Gasteiger charge is 2.19. The lowest BCUT2D eigenvalue weighted by Gasteiger charge is -2.26. The molecule has 2 amide bonds. The largest absolute Gasteiger partial charge is 0.370 e. The third kappa shape index (κ3) is 3.56. The van der Waals surface area contributed by atoms with Crippen molar-refractivity contribution in [3.8, 4) is 6.07 Å². The van der Waals surface area contributed by atoms with Crippen LogP contribution in [-0.4, -0.2) is 43.0 Å². The monoisotopic (exact) mass is 273 g/mol. The maximum atomic E-state index is 11.8. The number of morpholine rings is 1. The summed E-state index contributed by atoms with van der Waals surface area (Å²) in [5.74, 6) is -0.312. The summed E-state index contributed by atoms with van der Waals surface area (Å²) in [4.78, 5) is 24.9. The van der Waals surface area contributed by atoms with Crippen molar-refractivity contribution in [1.82, 2.24) is 4.90 Å². The lowest BCUT2D eigenvalue weighted by atomic mass is 10.2. The summed E-state index contributed by atoms with van der Waals surface area (Å²) in [7, 11) is 0. The Bertz CT molecular complexity index is 551. The van der Waals surface area contributed by atoms with Gasteiger partial charge in [0.2, 0.25) is 11.8 Å². The number of nitrogens with zero attached hydrogens (tertiary/aromatic N) is 2. The molecule has 0 spiro atoms. The van der Waals surface area contributed by atoms with Gasteiger partial charge >= 0.3 is 0 Å². The molecule has 0 unspecified atom stereocenters. The fraction of sp³-hybridized carbons (Fsp3) is 0.357. The van der Waals surface area contributed by atoms with E-state index in [1.807, 2.05) is 6.07 Å². The second-order valence-corrected chi connectivity index (χ2v) is 4.39. The second kappa shape index (κ2) is 6.68.